The van der Waals surface area contributed by atoms with Gasteiger partial charge >= 0.3 is 6.09 Å². The van der Waals surface area contributed by atoms with Gasteiger partial charge in [0.25, 0.3) is 0 Å². The van der Waals surface area contributed by atoms with Crippen LogP contribution in [0, 0.1) is 11.8 Å². The third kappa shape index (κ3) is 5.21. The zero-order valence-electron chi connectivity index (χ0n) is 18.8. The Kier molecular flexibility index (Phi) is 6.14. The molecule has 1 atom stereocenters. The topological polar surface area (TPSA) is 79.5 Å². The van der Waals surface area contributed by atoms with Gasteiger partial charge in [-0.3, -0.25) is 9.88 Å². The number of carboxylic acid groups (broad SMARTS) is 1. The van der Waals surface area contributed by atoms with Crippen molar-refractivity contribution in [2.24, 2.45) is 0 Å². The average Bonchev–Trinajstić information content (AvgIpc) is 3.26. The SMILES string of the molecule is CC(C)(C)N(C(=O)O)[C@H](C#Cc1cc(-c2ccc3cnccc3c2)no1)Cc1ccccc1. The lowest BCUT2D eigenvalue weighted by Gasteiger charge is -2.37. The van der Waals surface area contributed by atoms with Gasteiger partial charge in [0.1, 0.15) is 11.7 Å². The Morgan fingerprint density at radius 3 is 2.61 bits per heavy atom. The van der Waals surface area contributed by atoms with E-state index in [1.807, 2.05) is 81.6 Å². The van der Waals surface area contributed by atoms with Crippen LogP contribution in [0.2, 0.25) is 0 Å². The fraction of sp³-hybridized carbons (Fsp3) is 0.222. The quantitative estimate of drug-likeness (QED) is 0.417. The third-order valence-electron chi connectivity index (χ3n) is 5.32. The van der Waals surface area contributed by atoms with Gasteiger partial charge in [-0.1, -0.05) is 53.5 Å². The van der Waals surface area contributed by atoms with Crippen molar-refractivity contribution in [2.45, 2.75) is 38.8 Å². The highest BCUT2D eigenvalue weighted by Crippen LogP contribution is 2.24. The molecule has 0 aliphatic heterocycles. The predicted molar refractivity (Wildman–Crippen MR) is 128 cm³/mol. The van der Waals surface area contributed by atoms with Crippen molar-refractivity contribution >= 4 is 16.9 Å². The molecular weight excluding hydrogens is 414 g/mol. The summed E-state index contributed by atoms with van der Waals surface area (Å²) in [6.07, 6.45) is 3.02. The van der Waals surface area contributed by atoms with Crippen LogP contribution < -0.4 is 0 Å². The normalized spacial score (nSPS) is 12.1. The van der Waals surface area contributed by atoms with E-state index in [9.17, 15) is 9.90 Å². The maximum Gasteiger partial charge on any atom is 0.408 e. The van der Waals surface area contributed by atoms with Crippen molar-refractivity contribution in [1.82, 2.24) is 15.0 Å². The van der Waals surface area contributed by atoms with Gasteiger partial charge in [0.2, 0.25) is 5.76 Å². The molecule has 0 aliphatic rings. The van der Waals surface area contributed by atoms with E-state index in [0.29, 0.717) is 17.9 Å². The van der Waals surface area contributed by atoms with Crippen LogP contribution in [0.3, 0.4) is 0 Å². The molecule has 0 saturated carbocycles. The van der Waals surface area contributed by atoms with Gasteiger partial charge in [-0.25, -0.2) is 4.79 Å². The van der Waals surface area contributed by atoms with E-state index < -0.39 is 17.7 Å². The first-order chi connectivity index (χ1) is 15.8. The molecule has 1 amide bonds. The second-order valence-electron chi connectivity index (χ2n) is 8.81. The Balaban J connectivity index is 1.64. The minimum absolute atomic E-state index is 0.386. The van der Waals surface area contributed by atoms with Crippen molar-refractivity contribution < 1.29 is 14.4 Å². The van der Waals surface area contributed by atoms with Crippen molar-refractivity contribution in [3.8, 4) is 23.1 Å². The number of aromatic nitrogens is 2. The molecule has 1 N–H and O–H groups in total. The molecular formula is C27H25N3O3. The van der Waals surface area contributed by atoms with E-state index in [-0.39, 0.29) is 0 Å². The van der Waals surface area contributed by atoms with Gasteiger partial charge in [0.15, 0.2) is 0 Å². The molecule has 2 aromatic carbocycles. The molecule has 0 spiro atoms. The molecule has 0 radical (unpaired) electrons. The largest absolute Gasteiger partial charge is 0.465 e. The minimum Gasteiger partial charge on any atom is -0.465 e. The van der Waals surface area contributed by atoms with E-state index in [2.05, 4.69) is 22.0 Å². The number of nitrogens with zero attached hydrogens (tertiary/aromatic N) is 3. The Hall–Kier alpha value is -4.11. The van der Waals surface area contributed by atoms with Crippen LogP contribution in [0.4, 0.5) is 4.79 Å². The molecule has 4 aromatic rings. The Morgan fingerprint density at radius 1 is 1.09 bits per heavy atom. The van der Waals surface area contributed by atoms with Crippen LogP contribution in [0.5, 0.6) is 0 Å². The lowest BCUT2D eigenvalue weighted by atomic mass is 9.98. The Bertz CT molecular complexity index is 1330. The number of rotatable bonds is 4. The molecule has 2 heterocycles. The van der Waals surface area contributed by atoms with E-state index in [1.54, 1.807) is 12.3 Å². The highest BCUT2D eigenvalue weighted by molar-refractivity contribution is 5.86. The van der Waals surface area contributed by atoms with Crippen LogP contribution in [0.1, 0.15) is 32.1 Å². The first-order valence-corrected chi connectivity index (χ1v) is 10.7. The molecule has 6 nitrogen and oxygen atoms in total. The number of pyridine rings is 1. The summed E-state index contributed by atoms with van der Waals surface area (Å²) in [6, 6.07) is 18.9. The van der Waals surface area contributed by atoms with Crippen molar-refractivity contribution in [3.63, 3.8) is 0 Å². The number of hydrogen-bond donors (Lipinski definition) is 1. The van der Waals surface area contributed by atoms with Crippen LogP contribution in [-0.4, -0.2) is 37.8 Å². The number of carbonyl (C=O) groups is 1. The van der Waals surface area contributed by atoms with Gasteiger partial charge in [0, 0.05) is 41.4 Å². The van der Waals surface area contributed by atoms with E-state index in [4.69, 9.17) is 4.52 Å². The molecule has 0 unspecified atom stereocenters. The summed E-state index contributed by atoms with van der Waals surface area (Å²) in [5.41, 5.74) is 1.97. The molecule has 0 aliphatic carbocycles. The Morgan fingerprint density at radius 2 is 1.88 bits per heavy atom. The van der Waals surface area contributed by atoms with Crippen LogP contribution >= 0.6 is 0 Å². The highest BCUT2D eigenvalue weighted by atomic mass is 16.5. The highest BCUT2D eigenvalue weighted by Gasteiger charge is 2.32. The first kappa shape index (κ1) is 22.1. The van der Waals surface area contributed by atoms with Crippen LogP contribution in [0.25, 0.3) is 22.0 Å². The summed E-state index contributed by atoms with van der Waals surface area (Å²) in [4.78, 5) is 17.6. The zero-order chi connectivity index (χ0) is 23.4. The average molecular weight is 440 g/mol. The zero-order valence-corrected chi connectivity index (χ0v) is 18.8. The minimum atomic E-state index is -1.01. The van der Waals surface area contributed by atoms with Crippen LogP contribution in [-0.2, 0) is 6.42 Å². The van der Waals surface area contributed by atoms with E-state index in [1.165, 1.54) is 4.90 Å². The van der Waals surface area contributed by atoms with Crippen LogP contribution in [0.15, 0.2) is 77.6 Å². The number of fused-ring (bicyclic) bond motifs is 1. The fourth-order valence-corrected chi connectivity index (χ4v) is 3.80. The maximum absolute atomic E-state index is 12.1. The standard InChI is InChI=1S/C27H25N3O3/c1-27(2,3)30(26(31)32)23(15-19-7-5-4-6-8-19)11-12-24-17-25(29-33-24)21-9-10-22-18-28-14-13-20(22)16-21/h4-10,13-14,16-18,23H,15H2,1-3H3,(H,31,32)/t23-/m1/s1. The molecule has 0 fully saturated rings. The molecule has 33 heavy (non-hydrogen) atoms. The molecule has 0 saturated heterocycles. The van der Waals surface area contributed by atoms with Gasteiger partial charge in [-0.2, -0.15) is 0 Å². The molecule has 4 rings (SSSR count). The lowest BCUT2D eigenvalue weighted by molar-refractivity contribution is 0.0856. The molecule has 2 aromatic heterocycles. The number of hydrogen-bond acceptors (Lipinski definition) is 4. The molecule has 6 heteroatoms. The molecule has 0 bridgehead atoms. The van der Waals surface area contributed by atoms with E-state index in [0.717, 1.165) is 21.9 Å². The first-order valence-electron chi connectivity index (χ1n) is 10.7. The third-order valence-corrected chi connectivity index (χ3v) is 5.32. The predicted octanol–water partition coefficient (Wildman–Crippen LogP) is 5.63. The number of amides is 1. The summed E-state index contributed by atoms with van der Waals surface area (Å²) >= 11 is 0. The summed E-state index contributed by atoms with van der Waals surface area (Å²) in [5.74, 6) is 6.51. The summed E-state index contributed by atoms with van der Waals surface area (Å²) in [5, 5.41) is 16.2. The fourth-order valence-electron chi connectivity index (χ4n) is 3.80. The lowest BCUT2D eigenvalue weighted by Crippen LogP contribution is -2.51. The molecule has 166 valence electrons. The van der Waals surface area contributed by atoms with Gasteiger partial charge < -0.3 is 9.63 Å². The van der Waals surface area contributed by atoms with Crippen molar-refractivity contribution in [1.29, 1.82) is 0 Å². The smallest absolute Gasteiger partial charge is 0.408 e. The summed E-state index contributed by atoms with van der Waals surface area (Å²) in [7, 11) is 0. The van der Waals surface area contributed by atoms with E-state index >= 15 is 0 Å². The second-order valence-corrected chi connectivity index (χ2v) is 8.81. The summed E-state index contributed by atoms with van der Waals surface area (Å²) in [6.45, 7) is 5.59. The monoisotopic (exact) mass is 439 g/mol. The van der Waals surface area contributed by atoms with Gasteiger partial charge in [-0.15, -0.1) is 0 Å². The van der Waals surface area contributed by atoms with Crippen molar-refractivity contribution in [3.05, 3.63) is 84.4 Å². The van der Waals surface area contributed by atoms with Gasteiger partial charge in [-0.05, 0) is 49.8 Å². The maximum atomic E-state index is 12.1. The van der Waals surface area contributed by atoms with Crippen molar-refractivity contribution in [2.75, 3.05) is 0 Å². The number of benzene rings is 2. The van der Waals surface area contributed by atoms with Gasteiger partial charge in [0.05, 0.1) is 0 Å². The summed E-state index contributed by atoms with van der Waals surface area (Å²) < 4.78 is 5.46. The second kappa shape index (κ2) is 9.17. The Labute approximate surface area is 192 Å².